The van der Waals surface area contributed by atoms with Crippen LogP contribution in [0.2, 0.25) is 0 Å². The monoisotopic (exact) mass is 615 g/mol. The SMILES string of the molecule is CCCCC(c1ccc(C(=O)NCCC(=O)O)cc1)N1C(=O)C(C2C=CC=C(C(F)(F)F)C2)=NC12CCC(C(C)(C)C)CC2. The molecule has 240 valence electrons. The molecule has 2 atom stereocenters. The third kappa shape index (κ3) is 7.44. The molecule has 1 saturated carbocycles. The second-order valence-electron chi connectivity index (χ2n) is 13.4. The summed E-state index contributed by atoms with van der Waals surface area (Å²) in [5, 5.41) is 11.5. The highest BCUT2D eigenvalue weighted by atomic mass is 19.4. The van der Waals surface area contributed by atoms with E-state index in [2.05, 4.69) is 33.0 Å². The molecular weight excluding hydrogens is 571 g/mol. The van der Waals surface area contributed by atoms with Crippen LogP contribution in [0.15, 0.2) is 53.1 Å². The molecule has 1 fully saturated rings. The number of hydrogen-bond donors (Lipinski definition) is 2. The lowest BCUT2D eigenvalue weighted by Crippen LogP contribution is -2.51. The first-order valence-electron chi connectivity index (χ1n) is 15.6. The molecule has 2 unspecified atom stereocenters. The summed E-state index contributed by atoms with van der Waals surface area (Å²) in [5.41, 5.74) is -0.0180. The van der Waals surface area contributed by atoms with Crippen LogP contribution in [0, 0.1) is 17.3 Å². The minimum Gasteiger partial charge on any atom is -0.481 e. The minimum absolute atomic E-state index is 0.0103. The lowest BCUT2D eigenvalue weighted by atomic mass is 9.69. The Kier molecular flexibility index (Phi) is 10.1. The van der Waals surface area contributed by atoms with Crippen LogP contribution in [0.3, 0.4) is 0 Å². The van der Waals surface area contributed by atoms with Crippen LogP contribution in [-0.2, 0) is 9.59 Å². The van der Waals surface area contributed by atoms with Crippen molar-refractivity contribution in [3.63, 3.8) is 0 Å². The molecule has 1 aromatic carbocycles. The Balaban J connectivity index is 1.68. The number of aliphatic carboxylic acids is 1. The van der Waals surface area contributed by atoms with Crippen LogP contribution in [0.25, 0.3) is 0 Å². The van der Waals surface area contributed by atoms with E-state index in [9.17, 15) is 27.6 Å². The average Bonchev–Trinajstić information content (AvgIpc) is 3.23. The Morgan fingerprint density at radius 2 is 1.80 bits per heavy atom. The fraction of sp³-hybridized carbons (Fsp3) is 0.588. The summed E-state index contributed by atoms with van der Waals surface area (Å²) in [6.45, 7) is 8.71. The third-order valence-electron chi connectivity index (χ3n) is 9.35. The lowest BCUT2D eigenvalue weighted by Gasteiger charge is -2.47. The predicted molar refractivity (Wildman–Crippen MR) is 163 cm³/mol. The third-order valence-corrected chi connectivity index (χ3v) is 9.35. The number of hydrogen-bond acceptors (Lipinski definition) is 4. The van der Waals surface area contributed by atoms with Crippen LogP contribution in [-0.4, -0.2) is 51.9 Å². The fourth-order valence-corrected chi connectivity index (χ4v) is 6.77. The van der Waals surface area contributed by atoms with Crippen molar-refractivity contribution in [1.29, 1.82) is 0 Å². The summed E-state index contributed by atoms with van der Waals surface area (Å²) < 4.78 is 41.0. The Bertz CT molecular complexity index is 1320. The maximum atomic E-state index is 14.4. The Hall–Kier alpha value is -3.43. The molecule has 1 aromatic rings. The molecule has 0 radical (unpaired) electrons. The van der Waals surface area contributed by atoms with Crippen molar-refractivity contribution >= 4 is 23.5 Å². The molecule has 2 aliphatic carbocycles. The van der Waals surface area contributed by atoms with Gasteiger partial charge in [-0.3, -0.25) is 19.4 Å². The van der Waals surface area contributed by atoms with Crippen LogP contribution < -0.4 is 5.32 Å². The van der Waals surface area contributed by atoms with Gasteiger partial charge in [0.15, 0.2) is 0 Å². The first-order chi connectivity index (χ1) is 20.7. The van der Waals surface area contributed by atoms with E-state index >= 15 is 0 Å². The minimum atomic E-state index is -4.47. The Morgan fingerprint density at radius 3 is 2.36 bits per heavy atom. The number of carbonyl (C=O) groups excluding carboxylic acids is 2. The number of halogens is 3. The Morgan fingerprint density at radius 1 is 1.14 bits per heavy atom. The van der Waals surface area contributed by atoms with E-state index in [1.54, 1.807) is 18.2 Å². The number of nitrogens with one attached hydrogen (secondary N) is 1. The summed E-state index contributed by atoms with van der Waals surface area (Å²) in [6.07, 6.45) is 4.48. The lowest BCUT2D eigenvalue weighted by molar-refractivity contribution is -0.137. The van der Waals surface area contributed by atoms with E-state index in [1.807, 2.05) is 17.0 Å². The van der Waals surface area contributed by atoms with E-state index in [1.165, 1.54) is 6.08 Å². The van der Waals surface area contributed by atoms with E-state index in [4.69, 9.17) is 10.1 Å². The van der Waals surface area contributed by atoms with Gasteiger partial charge in [0.2, 0.25) is 0 Å². The van der Waals surface area contributed by atoms with Gasteiger partial charge in [-0.25, -0.2) is 0 Å². The summed E-state index contributed by atoms with van der Waals surface area (Å²) in [5.74, 6) is -2.02. The highest BCUT2D eigenvalue weighted by Gasteiger charge is 2.53. The molecule has 1 spiro atoms. The molecule has 10 heteroatoms. The maximum absolute atomic E-state index is 14.4. The number of benzene rings is 1. The highest BCUT2D eigenvalue weighted by Crippen LogP contribution is 2.50. The molecule has 3 aliphatic rings. The largest absolute Gasteiger partial charge is 0.481 e. The van der Waals surface area contributed by atoms with Gasteiger partial charge in [-0.15, -0.1) is 0 Å². The van der Waals surface area contributed by atoms with Crippen molar-refractivity contribution in [3.05, 3.63) is 59.2 Å². The molecule has 0 saturated heterocycles. The number of unbranched alkanes of at least 4 members (excludes halogenated alkanes) is 1. The molecular formula is C34H44F3N3O4. The quantitative estimate of drug-likeness (QED) is 0.287. The second-order valence-corrected chi connectivity index (χ2v) is 13.4. The van der Waals surface area contributed by atoms with Crippen molar-refractivity contribution in [2.75, 3.05) is 6.54 Å². The van der Waals surface area contributed by atoms with Crippen LogP contribution in [0.1, 0.15) is 107 Å². The van der Waals surface area contributed by atoms with E-state index in [0.717, 1.165) is 37.3 Å². The zero-order valence-electron chi connectivity index (χ0n) is 26.0. The first kappa shape index (κ1) is 33.5. The van der Waals surface area contributed by atoms with Crippen LogP contribution in [0.5, 0.6) is 0 Å². The standard InChI is InChI=1S/C34H44F3N3O4/c1-5-6-10-27(22-11-13-23(14-12-22)30(43)38-20-17-28(41)42)40-31(44)29(24-8-7-9-26(21-24)34(35,36)37)39-33(40)18-15-25(16-19-33)32(2,3)4/h7-9,11-14,24-25,27H,5-6,10,15-21H2,1-4H3,(H,38,43)(H,41,42). The van der Waals surface area contributed by atoms with Gasteiger partial charge >= 0.3 is 12.1 Å². The molecule has 1 heterocycles. The number of amides is 2. The number of nitrogens with zero attached hydrogens (tertiary/aromatic N) is 2. The zero-order chi connectivity index (χ0) is 32.3. The normalized spacial score (nSPS) is 24.7. The number of carboxylic acids is 1. The fourth-order valence-electron chi connectivity index (χ4n) is 6.77. The second kappa shape index (κ2) is 13.3. The van der Waals surface area contributed by atoms with Gasteiger partial charge in [0.25, 0.3) is 11.8 Å². The van der Waals surface area contributed by atoms with Crippen molar-refractivity contribution < 1.29 is 32.7 Å². The van der Waals surface area contributed by atoms with E-state index < -0.39 is 29.3 Å². The number of carbonyl (C=O) groups is 3. The smallest absolute Gasteiger partial charge is 0.412 e. The van der Waals surface area contributed by atoms with Gasteiger partial charge in [0, 0.05) is 23.6 Å². The number of rotatable bonds is 10. The number of allylic oxidation sites excluding steroid dienone is 4. The molecule has 1 aliphatic heterocycles. The van der Waals surface area contributed by atoms with Gasteiger partial charge in [0.1, 0.15) is 11.4 Å². The molecule has 0 bridgehead atoms. The molecule has 4 rings (SSSR count). The number of aliphatic imine (C=N–C) groups is 1. The van der Waals surface area contributed by atoms with Crippen molar-refractivity contribution in [2.45, 2.75) is 103 Å². The summed E-state index contributed by atoms with van der Waals surface area (Å²) in [6, 6.07) is 6.60. The molecule has 0 aromatic heterocycles. The Labute approximate surface area is 257 Å². The summed E-state index contributed by atoms with van der Waals surface area (Å²) in [4.78, 5) is 44.7. The zero-order valence-corrected chi connectivity index (χ0v) is 26.0. The van der Waals surface area contributed by atoms with Crippen LogP contribution in [0.4, 0.5) is 13.2 Å². The molecule has 2 amide bonds. The van der Waals surface area contributed by atoms with Crippen LogP contribution >= 0.6 is 0 Å². The topological polar surface area (TPSA) is 99.1 Å². The van der Waals surface area contributed by atoms with Crippen molar-refractivity contribution in [3.8, 4) is 0 Å². The van der Waals surface area contributed by atoms with Crippen molar-refractivity contribution in [2.24, 2.45) is 22.2 Å². The molecule has 7 nitrogen and oxygen atoms in total. The first-order valence-corrected chi connectivity index (χ1v) is 15.6. The molecule has 2 N–H and O–H groups in total. The van der Waals surface area contributed by atoms with Gasteiger partial charge < -0.3 is 15.3 Å². The summed E-state index contributed by atoms with van der Waals surface area (Å²) >= 11 is 0. The summed E-state index contributed by atoms with van der Waals surface area (Å²) in [7, 11) is 0. The van der Waals surface area contributed by atoms with E-state index in [0.29, 0.717) is 30.7 Å². The van der Waals surface area contributed by atoms with Gasteiger partial charge in [0.05, 0.1) is 12.5 Å². The number of carboxylic acid groups (broad SMARTS) is 1. The maximum Gasteiger partial charge on any atom is 0.412 e. The van der Waals surface area contributed by atoms with Gasteiger partial charge in [-0.2, -0.15) is 13.2 Å². The highest BCUT2D eigenvalue weighted by molar-refractivity contribution is 6.41. The molecule has 44 heavy (non-hydrogen) atoms. The average molecular weight is 616 g/mol. The number of alkyl halides is 3. The van der Waals surface area contributed by atoms with Crippen molar-refractivity contribution in [1.82, 2.24) is 10.2 Å². The van der Waals surface area contributed by atoms with Gasteiger partial charge in [-0.05, 0) is 67.6 Å². The van der Waals surface area contributed by atoms with E-state index in [-0.39, 0.29) is 48.4 Å². The predicted octanol–water partition coefficient (Wildman–Crippen LogP) is 7.40. The van der Waals surface area contributed by atoms with Gasteiger partial charge in [-0.1, -0.05) is 70.9 Å².